The summed E-state index contributed by atoms with van der Waals surface area (Å²) in [6.45, 7) is 9.59. The van der Waals surface area contributed by atoms with Crippen molar-refractivity contribution >= 4 is 39.1 Å². The fourth-order valence-electron chi connectivity index (χ4n) is 5.59. The number of nitrogens with one attached hydrogen (secondary N) is 2. The van der Waals surface area contributed by atoms with Gasteiger partial charge in [0.15, 0.2) is 5.65 Å². The Morgan fingerprint density at radius 2 is 1.83 bits per heavy atom. The molecule has 2 N–H and O–H groups in total. The molecule has 2 aliphatic heterocycles. The van der Waals surface area contributed by atoms with Crippen LogP contribution in [-0.2, 0) is 14.9 Å². The first-order chi connectivity index (χ1) is 21.6. The summed E-state index contributed by atoms with van der Waals surface area (Å²) in [5.41, 5.74) is -0.936. The molecule has 0 radical (unpaired) electrons. The number of amides is 1. The molecule has 2 fully saturated rings. The molecule has 0 saturated carbocycles. The highest BCUT2D eigenvalue weighted by Crippen LogP contribution is 2.26. The quantitative estimate of drug-likeness (QED) is 0.373. The second-order valence-electron chi connectivity index (χ2n) is 13.0. The van der Waals surface area contributed by atoms with Gasteiger partial charge >= 0.3 is 16.3 Å². The maximum absolute atomic E-state index is 15.2. The van der Waals surface area contributed by atoms with Gasteiger partial charge in [0.05, 0.1) is 18.4 Å². The van der Waals surface area contributed by atoms with Crippen molar-refractivity contribution in [2.24, 2.45) is 0 Å². The van der Waals surface area contributed by atoms with E-state index < -0.39 is 45.5 Å². The van der Waals surface area contributed by atoms with Gasteiger partial charge in [0.25, 0.3) is 5.56 Å². The minimum Gasteiger partial charge on any atom is -0.444 e. The van der Waals surface area contributed by atoms with Crippen LogP contribution < -0.4 is 15.6 Å². The number of alkyl halides is 1. The Bertz CT molecular complexity index is 1770. The van der Waals surface area contributed by atoms with E-state index in [-0.39, 0.29) is 59.6 Å². The molecule has 46 heavy (non-hydrogen) atoms. The molecular weight excluding hydrogens is 622 g/mol. The van der Waals surface area contributed by atoms with Crippen LogP contribution in [0.25, 0.3) is 22.4 Å². The monoisotopic (exact) mass is 662 g/mol. The molecule has 0 aliphatic carbocycles. The van der Waals surface area contributed by atoms with E-state index in [1.165, 1.54) is 32.1 Å². The average molecular weight is 663 g/mol. The Hall–Kier alpha value is -3.92. The minimum absolute atomic E-state index is 0.0598. The third-order valence-electron chi connectivity index (χ3n) is 7.67. The SMILES string of the molecule is CC(C)n1c(=O)c(-c2ccc(NS(=O)(=O)N3CCCCC3)c(F)c2)nc2cnc(N[C@H]3C[C@H](F)CN(C(=O)OC(C)(C)C)C3)nc21. The van der Waals surface area contributed by atoms with Crippen molar-refractivity contribution in [1.82, 2.24) is 28.7 Å². The van der Waals surface area contributed by atoms with Crippen molar-refractivity contribution in [3.8, 4) is 11.3 Å². The maximum atomic E-state index is 15.2. The van der Waals surface area contributed by atoms with E-state index in [0.29, 0.717) is 13.1 Å². The van der Waals surface area contributed by atoms with Crippen molar-refractivity contribution in [1.29, 1.82) is 0 Å². The summed E-state index contributed by atoms with van der Waals surface area (Å²) in [7, 11) is -3.93. The molecule has 1 aromatic carbocycles. The van der Waals surface area contributed by atoms with Gasteiger partial charge in [-0.05, 0) is 59.6 Å². The summed E-state index contributed by atoms with van der Waals surface area (Å²) < 4.78 is 65.8. The molecule has 3 aromatic rings. The lowest BCUT2D eigenvalue weighted by Gasteiger charge is -2.36. The standard InChI is InChI=1S/C30H40F2N8O5S/c1-18(2)40-26-24(15-33-28(36-26)34-21-14-20(31)16-38(17-21)29(42)45-30(3,4)5)35-25(27(40)41)19-9-10-23(22(32)13-19)37-46(43,44)39-11-7-6-8-12-39/h9-10,13,15,18,20-21,37H,6-8,11-12,14,16-17H2,1-5H3,(H,33,34,36)/t20-,21-/m0/s1. The number of nitrogens with zero attached hydrogens (tertiary/aromatic N) is 6. The summed E-state index contributed by atoms with van der Waals surface area (Å²) in [6, 6.07) is 2.87. The zero-order valence-electron chi connectivity index (χ0n) is 26.6. The summed E-state index contributed by atoms with van der Waals surface area (Å²) in [5.74, 6) is -0.735. The van der Waals surface area contributed by atoms with Crippen LogP contribution in [0.15, 0.2) is 29.2 Å². The molecular formula is C30H40F2N8O5S. The van der Waals surface area contributed by atoms with Gasteiger partial charge in [0.2, 0.25) is 5.95 Å². The molecule has 2 aliphatic rings. The van der Waals surface area contributed by atoms with Crippen molar-refractivity contribution in [3.05, 3.63) is 40.6 Å². The molecule has 0 bridgehead atoms. The number of carbonyl (C=O) groups is 1. The van der Waals surface area contributed by atoms with Crippen LogP contribution in [0.2, 0.25) is 0 Å². The van der Waals surface area contributed by atoms with Gasteiger partial charge in [-0.2, -0.15) is 17.7 Å². The highest BCUT2D eigenvalue weighted by molar-refractivity contribution is 7.90. The highest BCUT2D eigenvalue weighted by atomic mass is 32.2. The summed E-state index contributed by atoms with van der Waals surface area (Å²) >= 11 is 0. The number of halogens is 2. The molecule has 2 atom stereocenters. The molecule has 2 aromatic heterocycles. The average Bonchev–Trinajstić information content (AvgIpc) is 2.97. The van der Waals surface area contributed by atoms with E-state index in [9.17, 15) is 22.4 Å². The normalized spacial score (nSPS) is 19.8. The predicted molar refractivity (Wildman–Crippen MR) is 170 cm³/mol. The molecule has 16 heteroatoms. The van der Waals surface area contributed by atoms with Crippen LogP contribution in [0.5, 0.6) is 0 Å². The fraction of sp³-hybridized carbons (Fsp3) is 0.567. The van der Waals surface area contributed by atoms with E-state index in [2.05, 4.69) is 25.0 Å². The van der Waals surface area contributed by atoms with Crippen molar-refractivity contribution in [2.45, 2.75) is 84.2 Å². The second-order valence-corrected chi connectivity index (χ2v) is 14.6. The predicted octanol–water partition coefficient (Wildman–Crippen LogP) is 4.48. The zero-order valence-corrected chi connectivity index (χ0v) is 27.4. The molecule has 2 saturated heterocycles. The number of likely N-dealkylation sites (tertiary alicyclic amines) is 1. The Morgan fingerprint density at radius 3 is 2.48 bits per heavy atom. The second kappa shape index (κ2) is 13.1. The number of anilines is 2. The van der Waals surface area contributed by atoms with Gasteiger partial charge < -0.3 is 15.0 Å². The lowest BCUT2D eigenvalue weighted by molar-refractivity contribution is 0.0124. The number of carbonyl (C=O) groups excluding carboxylic acids is 1. The first kappa shape index (κ1) is 33.4. The summed E-state index contributed by atoms with van der Waals surface area (Å²) in [5, 5.41) is 3.07. The van der Waals surface area contributed by atoms with E-state index in [0.717, 1.165) is 25.3 Å². The summed E-state index contributed by atoms with van der Waals surface area (Å²) in [4.78, 5) is 40.9. The van der Waals surface area contributed by atoms with Crippen LogP contribution >= 0.6 is 0 Å². The van der Waals surface area contributed by atoms with Crippen LogP contribution in [0.4, 0.5) is 25.2 Å². The topological polar surface area (TPSA) is 152 Å². The van der Waals surface area contributed by atoms with Gasteiger partial charge in [-0.3, -0.25) is 14.1 Å². The molecule has 13 nitrogen and oxygen atoms in total. The smallest absolute Gasteiger partial charge is 0.410 e. The van der Waals surface area contributed by atoms with Gasteiger partial charge in [0.1, 0.15) is 28.8 Å². The minimum atomic E-state index is -3.93. The number of ether oxygens (including phenoxy) is 1. The Labute approximate surface area is 266 Å². The van der Waals surface area contributed by atoms with E-state index in [1.54, 1.807) is 34.6 Å². The Balaban J connectivity index is 1.41. The number of hydrogen-bond donors (Lipinski definition) is 2. The van der Waals surface area contributed by atoms with Crippen LogP contribution in [-0.4, -0.2) is 87.2 Å². The van der Waals surface area contributed by atoms with Crippen LogP contribution in [0.3, 0.4) is 0 Å². The number of piperidine rings is 2. The number of hydrogen-bond acceptors (Lipinski definition) is 9. The van der Waals surface area contributed by atoms with Gasteiger partial charge in [-0.15, -0.1) is 0 Å². The number of benzene rings is 1. The Morgan fingerprint density at radius 1 is 1.11 bits per heavy atom. The lowest BCUT2D eigenvalue weighted by atomic mass is 10.0. The fourth-order valence-corrected chi connectivity index (χ4v) is 6.90. The van der Waals surface area contributed by atoms with Crippen molar-refractivity contribution < 1.29 is 26.7 Å². The highest BCUT2D eigenvalue weighted by Gasteiger charge is 2.33. The lowest BCUT2D eigenvalue weighted by Crippen LogP contribution is -2.51. The molecule has 0 spiro atoms. The zero-order chi connectivity index (χ0) is 33.4. The van der Waals surface area contributed by atoms with E-state index in [1.807, 2.05) is 0 Å². The summed E-state index contributed by atoms with van der Waals surface area (Å²) in [6.07, 6.45) is 2.05. The third kappa shape index (κ3) is 7.54. The van der Waals surface area contributed by atoms with E-state index >= 15 is 4.39 Å². The van der Waals surface area contributed by atoms with E-state index in [4.69, 9.17) is 4.74 Å². The van der Waals surface area contributed by atoms with Gasteiger partial charge in [-0.1, -0.05) is 12.5 Å². The Kier molecular flexibility index (Phi) is 9.50. The first-order valence-electron chi connectivity index (χ1n) is 15.4. The molecule has 1 amide bonds. The molecule has 0 unspecified atom stereocenters. The van der Waals surface area contributed by atoms with Crippen LogP contribution in [0.1, 0.15) is 66.3 Å². The molecule has 250 valence electrons. The van der Waals surface area contributed by atoms with Crippen molar-refractivity contribution in [2.75, 3.05) is 36.2 Å². The maximum Gasteiger partial charge on any atom is 0.410 e. The number of fused-ring (bicyclic) bond motifs is 1. The van der Waals surface area contributed by atoms with Crippen molar-refractivity contribution in [3.63, 3.8) is 0 Å². The molecule has 5 rings (SSSR count). The van der Waals surface area contributed by atoms with Gasteiger partial charge in [-0.25, -0.2) is 23.5 Å². The first-order valence-corrected chi connectivity index (χ1v) is 16.8. The van der Waals surface area contributed by atoms with Gasteiger partial charge in [0, 0.05) is 43.7 Å². The number of rotatable bonds is 7. The molecule has 4 heterocycles. The number of aromatic nitrogens is 4. The van der Waals surface area contributed by atoms with Crippen LogP contribution in [0, 0.1) is 5.82 Å². The third-order valence-corrected chi connectivity index (χ3v) is 9.19. The largest absolute Gasteiger partial charge is 0.444 e.